The van der Waals surface area contributed by atoms with Gasteiger partial charge in [-0.2, -0.15) is 0 Å². The van der Waals surface area contributed by atoms with Crippen LogP contribution in [-0.4, -0.2) is 27.3 Å². The third-order valence-electron chi connectivity index (χ3n) is 3.17. The number of anilines is 1. The average Bonchev–Trinajstić information content (AvgIpc) is 2.93. The molecular formula is C12H11BrN4O. The minimum absolute atomic E-state index is 0.0341. The van der Waals surface area contributed by atoms with Gasteiger partial charge in [0.05, 0.1) is 5.92 Å². The number of aryl methyl sites for hydroxylation is 1. The molecular weight excluding hydrogens is 296 g/mol. The van der Waals surface area contributed by atoms with Gasteiger partial charge in [-0.05, 0) is 27.6 Å². The fourth-order valence-electron chi connectivity index (χ4n) is 2.28. The molecule has 0 radical (unpaired) electrons. The van der Waals surface area contributed by atoms with Gasteiger partial charge >= 0.3 is 0 Å². The monoisotopic (exact) mass is 306 g/mol. The number of fused-ring (bicyclic) bond motifs is 1. The molecule has 2 heterocycles. The van der Waals surface area contributed by atoms with Crippen LogP contribution in [0.2, 0.25) is 0 Å². The molecule has 1 unspecified atom stereocenters. The second-order valence-corrected chi connectivity index (χ2v) is 4.99. The van der Waals surface area contributed by atoms with Crippen LogP contribution in [0, 0.1) is 0 Å². The van der Waals surface area contributed by atoms with Gasteiger partial charge in [0.1, 0.15) is 5.69 Å². The highest BCUT2D eigenvalue weighted by Gasteiger charge is 2.32. The first-order valence-corrected chi connectivity index (χ1v) is 6.40. The maximum atomic E-state index is 12.5. The van der Waals surface area contributed by atoms with Crippen LogP contribution in [0.5, 0.6) is 0 Å². The highest BCUT2D eigenvalue weighted by atomic mass is 79.9. The predicted molar refractivity (Wildman–Crippen MR) is 70.7 cm³/mol. The van der Waals surface area contributed by atoms with Crippen molar-refractivity contribution in [1.29, 1.82) is 0 Å². The minimum Gasteiger partial charge on any atom is -0.384 e. The zero-order chi connectivity index (χ0) is 12.7. The Labute approximate surface area is 112 Å². The summed E-state index contributed by atoms with van der Waals surface area (Å²) in [7, 11) is 1.72. The molecule has 1 aromatic heterocycles. The number of hydrogen-bond donors (Lipinski definition) is 1. The van der Waals surface area contributed by atoms with Gasteiger partial charge in [-0.25, -0.2) is 4.68 Å². The van der Waals surface area contributed by atoms with Crippen molar-refractivity contribution in [2.24, 2.45) is 7.05 Å². The third kappa shape index (κ3) is 1.64. The molecule has 0 aliphatic carbocycles. The molecule has 1 aliphatic rings. The fraction of sp³-hybridized carbons (Fsp3) is 0.250. The van der Waals surface area contributed by atoms with E-state index in [0.717, 1.165) is 11.3 Å². The lowest BCUT2D eigenvalue weighted by Crippen LogP contribution is -2.18. The number of hydrogen-bond acceptors (Lipinski definition) is 4. The van der Waals surface area contributed by atoms with Crippen LogP contribution in [0.4, 0.5) is 5.69 Å². The first kappa shape index (κ1) is 11.4. The number of ketones is 1. The van der Waals surface area contributed by atoms with Crippen molar-refractivity contribution >= 4 is 27.4 Å². The summed E-state index contributed by atoms with van der Waals surface area (Å²) in [6.07, 6.45) is 0. The van der Waals surface area contributed by atoms with Crippen molar-refractivity contribution < 1.29 is 4.79 Å². The number of benzene rings is 1. The molecule has 0 saturated heterocycles. The largest absolute Gasteiger partial charge is 0.384 e. The number of para-hydroxylation sites is 1. The van der Waals surface area contributed by atoms with E-state index in [1.807, 2.05) is 24.3 Å². The number of halogens is 1. The molecule has 3 rings (SSSR count). The van der Waals surface area contributed by atoms with E-state index in [0.29, 0.717) is 16.8 Å². The Morgan fingerprint density at radius 3 is 3.00 bits per heavy atom. The molecule has 0 bridgehead atoms. The van der Waals surface area contributed by atoms with Crippen LogP contribution >= 0.6 is 15.9 Å². The SMILES string of the molecule is Cn1nnc(Br)c1C(=O)C1CNc2ccccc21. The summed E-state index contributed by atoms with van der Waals surface area (Å²) in [6.45, 7) is 0.621. The number of Topliss-reactive ketones (excluding diaryl/α,β-unsaturated/α-hetero) is 1. The van der Waals surface area contributed by atoms with E-state index in [-0.39, 0.29) is 11.7 Å². The zero-order valence-electron chi connectivity index (χ0n) is 9.72. The topological polar surface area (TPSA) is 59.8 Å². The molecule has 2 aromatic rings. The lowest BCUT2D eigenvalue weighted by atomic mass is 9.95. The van der Waals surface area contributed by atoms with Gasteiger partial charge in [-0.1, -0.05) is 23.4 Å². The van der Waals surface area contributed by atoms with E-state index >= 15 is 0 Å². The van der Waals surface area contributed by atoms with E-state index in [1.54, 1.807) is 7.05 Å². The Hall–Kier alpha value is -1.69. The maximum absolute atomic E-state index is 12.5. The molecule has 5 nitrogen and oxygen atoms in total. The third-order valence-corrected chi connectivity index (χ3v) is 3.70. The van der Waals surface area contributed by atoms with E-state index in [4.69, 9.17) is 0 Å². The zero-order valence-corrected chi connectivity index (χ0v) is 11.3. The Balaban J connectivity index is 2.01. The number of nitrogens with zero attached hydrogens (tertiary/aromatic N) is 3. The summed E-state index contributed by atoms with van der Waals surface area (Å²) in [5.41, 5.74) is 2.58. The summed E-state index contributed by atoms with van der Waals surface area (Å²) < 4.78 is 2.01. The van der Waals surface area contributed by atoms with Gasteiger partial charge in [-0.3, -0.25) is 4.79 Å². The molecule has 6 heteroatoms. The molecule has 1 N–H and O–H groups in total. The second-order valence-electron chi connectivity index (χ2n) is 4.24. The predicted octanol–water partition coefficient (Wildman–Crippen LogP) is 1.97. The Kier molecular flexibility index (Phi) is 2.66. The van der Waals surface area contributed by atoms with Crippen LogP contribution in [0.1, 0.15) is 22.0 Å². The highest BCUT2D eigenvalue weighted by molar-refractivity contribution is 9.10. The molecule has 92 valence electrons. The average molecular weight is 307 g/mol. The van der Waals surface area contributed by atoms with Crippen LogP contribution in [0.15, 0.2) is 28.9 Å². The van der Waals surface area contributed by atoms with Gasteiger partial charge in [0.25, 0.3) is 0 Å². The number of nitrogens with one attached hydrogen (secondary N) is 1. The molecule has 0 spiro atoms. The second kappa shape index (κ2) is 4.20. The first-order valence-electron chi connectivity index (χ1n) is 5.60. The smallest absolute Gasteiger partial charge is 0.192 e. The molecule has 18 heavy (non-hydrogen) atoms. The number of rotatable bonds is 2. The van der Waals surface area contributed by atoms with Crippen LogP contribution in [0.3, 0.4) is 0 Å². The van der Waals surface area contributed by atoms with Gasteiger partial charge in [0.15, 0.2) is 10.4 Å². The molecule has 1 atom stereocenters. The Bertz CT molecular complexity index is 603. The number of carbonyl (C=O) groups is 1. The summed E-state index contributed by atoms with van der Waals surface area (Å²) in [5, 5.41) is 10.9. The van der Waals surface area contributed by atoms with Gasteiger partial charge < -0.3 is 5.32 Å². The van der Waals surface area contributed by atoms with Crippen molar-refractivity contribution in [2.45, 2.75) is 5.92 Å². The summed E-state index contributed by atoms with van der Waals surface area (Å²) in [5.74, 6) is -0.137. The van der Waals surface area contributed by atoms with Crippen molar-refractivity contribution in [1.82, 2.24) is 15.0 Å². The van der Waals surface area contributed by atoms with Crippen LogP contribution < -0.4 is 5.32 Å². The van der Waals surface area contributed by atoms with Gasteiger partial charge in [-0.15, -0.1) is 5.10 Å². The molecule has 0 fully saturated rings. The standard InChI is InChI=1S/C12H11BrN4O/c1-17-10(12(13)15-16-17)11(18)8-6-14-9-5-3-2-4-7(8)9/h2-5,8,14H,6H2,1H3. The molecule has 0 amide bonds. The van der Waals surface area contributed by atoms with E-state index in [1.165, 1.54) is 4.68 Å². The van der Waals surface area contributed by atoms with Crippen molar-refractivity contribution in [3.8, 4) is 0 Å². The fourth-order valence-corrected chi connectivity index (χ4v) is 2.80. The molecule has 0 saturated carbocycles. The normalized spacial score (nSPS) is 17.3. The van der Waals surface area contributed by atoms with Crippen LogP contribution in [-0.2, 0) is 7.05 Å². The lowest BCUT2D eigenvalue weighted by Gasteiger charge is -2.08. The Morgan fingerprint density at radius 2 is 2.28 bits per heavy atom. The number of aromatic nitrogens is 3. The van der Waals surface area contributed by atoms with E-state index in [2.05, 4.69) is 31.6 Å². The summed E-state index contributed by atoms with van der Waals surface area (Å²) >= 11 is 3.27. The minimum atomic E-state index is -0.172. The summed E-state index contributed by atoms with van der Waals surface area (Å²) in [4.78, 5) is 12.5. The summed E-state index contributed by atoms with van der Waals surface area (Å²) in [6, 6.07) is 7.87. The lowest BCUT2D eigenvalue weighted by molar-refractivity contribution is 0.0956. The maximum Gasteiger partial charge on any atom is 0.192 e. The molecule has 1 aliphatic heterocycles. The Morgan fingerprint density at radius 1 is 1.50 bits per heavy atom. The van der Waals surface area contributed by atoms with Gasteiger partial charge in [0.2, 0.25) is 0 Å². The van der Waals surface area contributed by atoms with Crippen molar-refractivity contribution in [3.63, 3.8) is 0 Å². The van der Waals surface area contributed by atoms with E-state index < -0.39 is 0 Å². The molecule has 1 aromatic carbocycles. The highest BCUT2D eigenvalue weighted by Crippen LogP contribution is 2.34. The van der Waals surface area contributed by atoms with E-state index in [9.17, 15) is 4.79 Å². The first-order chi connectivity index (χ1) is 8.68. The number of carbonyl (C=O) groups excluding carboxylic acids is 1. The quantitative estimate of drug-likeness (QED) is 0.862. The van der Waals surface area contributed by atoms with Crippen LogP contribution in [0.25, 0.3) is 0 Å². The van der Waals surface area contributed by atoms with Crippen molar-refractivity contribution in [2.75, 3.05) is 11.9 Å². The van der Waals surface area contributed by atoms with Gasteiger partial charge in [0, 0.05) is 19.3 Å². The van der Waals surface area contributed by atoms with Crippen molar-refractivity contribution in [3.05, 3.63) is 40.1 Å².